The highest BCUT2D eigenvalue weighted by Crippen LogP contribution is 1.59. The van der Waals surface area contributed by atoms with Crippen LogP contribution in [0.15, 0.2) is 9.69 Å². The lowest BCUT2D eigenvalue weighted by Gasteiger charge is -1.46. The Balaban J connectivity index is 4.17. The van der Waals surface area contributed by atoms with Crippen LogP contribution in [0.4, 0.5) is 0 Å². The molecule has 0 bridgehead atoms. The molecule has 0 saturated carbocycles. The fraction of sp³-hybridized carbons (Fsp3) is 0. The summed E-state index contributed by atoms with van der Waals surface area (Å²) in [4.78, 5) is 0. The number of nitrogens with one attached hydrogen (secondary N) is 1. The molecule has 0 amide bonds. The Kier molecular flexibility index (Phi) is 2.14. The third-order valence-corrected chi connectivity index (χ3v) is 0.322. The zero-order valence-corrected chi connectivity index (χ0v) is 3.44. The van der Waals surface area contributed by atoms with Crippen molar-refractivity contribution < 1.29 is 8.42 Å². The molecule has 0 aromatic heterocycles. The predicted octanol–water partition coefficient (Wildman–Crippen LogP) is -0.00493. The third kappa shape index (κ3) is 3.22. The van der Waals surface area contributed by atoms with E-state index >= 15 is 0 Å². The molecule has 34 valence electrons. The fourth-order valence-electron chi connectivity index (χ4n) is 0.0333. The molecular weight excluding hydrogens is 106 g/mol. The van der Waals surface area contributed by atoms with Crippen LogP contribution >= 0.6 is 0 Å². The molecule has 6 heteroatoms. The first kappa shape index (κ1) is 5.22. The third-order valence-electron chi connectivity index (χ3n) is 0.107. The van der Waals surface area contributed by atoms with E-state index < -0.39 is 10.5 Å². The number of hydrogen-bond donors (Lipinski definition) is 1. The summed E-state index contributed by atoms with van der Waals surface area (Å²) < 4.78 is 20.8. The Labute approximate surface area is 35.2 Å². The number of nitrogens with zero attached hydrogens (tertiary/aromatic N) is 2. The topological polar surface area (TPSA) is 82.7 Å². The Hall–Kier alpha value is -0.780. The molecule has 0 aromatic carbocycles. The monoisotopic (exact) mass is 107 g/mol. The van der Waals surface area contributed by atoms with Crippen molar-refractivity contribution in [1.82, 2.24) is 0 Å². The van der Waals surface area contributed by atoms with Crippen LogP contribution in [0, 0.1) is 5.53 Å². The quantitative estimate of drug-likeness (QED) is 0.377. The summed E-state index contributed by atoms with van der Waals surface area (Å²) in [5, 5.41) is 2.20. The molecule has 0 aromatic rings. The minimum absolute atomic E-state index is 2.20. The van der Waals surface area contributed by atoms with Crippen LogP contribution in [0.3, 0.4) is 0 Å². The summed E-state index contributed by atoms with van der Waals surface area (Å²) in [7, 11) is -2.54. The van der Waals surface area contributed by atoms with Crippen LogP contribution < -0.4 is 0 Å². The summed E-state index contributed by atoms with van der Waals surface area (Å²) in [6.45, 7) is 0. The Morgan fingerprint density at radius 3 is 2.00 bits per heavy atom. The summed E-state index contributed by atoms with van der Waals surface area (Å²) in [5.74, 6) is 0. The van der Waals surface area contributed by atoms with Gasteiger partial charge in [0.25, 0.3) is 0 Å². The maximum Gasteiger partial charge on any atom is 0.336 e. The molecule has 0 atom stereocenters. The highest BCUT2D eigenvalue weighted by molar-refractivity contribution is 7.61. The van der Waals surface area contributed by atoms with E-state index in [1.807, 2.05) is 0 Å². The average Bonchev–Trinajstić information content (AvgIpc) is 1.35. The van der Waals surface area contributed by atoms with Gasteiger partial charge in [-0.2, -0.15) is 13.9 Å². The van der Waals surface area contributed by atoms with Crippen LogP contribution in [-0.4, -0.2) is 8.42 Å². The van der Waals surface area contributed by atoms with Gasteiger partial charge in [-0.15, -0.1) is 0 Å². The van der Waals surface area contributed by atoms with Crippen LogP contribution in [0.2, 0.25) is 0 Å². The van der Waals surface area contributed by atoms with Crippen molar-refractivity contribution in [2.45, 2.75) is 0 Å². The number of rotatable bonds is 1. The molecule has 0 heterocycles. The van der Waals surface area contributed by atoms with Gasteiger partial charge in [-0.1, -0.05) is 0 Å². The molecule has 0 spiro atoms. The van der Waals surface area contributed by atoms with E-state index in [4.69, 9.17) is 5.53 Å². The first-order valence-electron chi connectivity index (χ1n) is 0.940. The SMILES string of the molecule is N=NN=S(=O)=O. The largest absolute Gasteiger partial charge is 0.336 e. The normalized spacial score (nSPS) is 6.67. The molecule has 0 saturated heterocycles. The lowest BCUT2D eigenvalue weighted by atomic mass is 12.8. The molecule has 0 unspecified atom stereocenters. The zero-order chi connectivity index (χ0) is 4.99. The summed E-state index contributed by atoms with van der Waals surface area (Å²) in [6.07, 6.45) is 0. The first-order chi connectivity index (χ1) is 2.77. The van der Waals surface area contributed by atoms with Crippen LogP contribution in [-0.2, 0) is 10.5 Å². The highest BCUT2D eigenvalue weighted by atomic mass is 32.2. The smallest absolute Gasteiger partial charge is 0.184 e. The zero-order valence-electron chi connectivity index (χ0n) is 2.62. The van der Waals surface area contributed by atoms with Gasteiger partial charge < -0.3 is 0 Å². The van der Waals surface area contributed by atoms with Crippen LogP contribution in [0.1, 0.15) is 0 Å². The van der Waals surface area contributed by atoms with Gasteiger partial charge in [-0.05, 0) is 9.69 Å². The van der Waals surface area contributed by atoms with Crippen LogP contribution in [0.5, 0.6) is 0 Å². The predicted molar refractivity (Wildman–Crippen MR) is 16.5 cm³/mol. The standard InChI is InChI=1S/HN3O2S/c1-2-3-6(4)5/h1H. The summed E-state index contributed by atoms with van der Waals surface area (Å²) >= 11 is 0. The summed E-state index contributed by atoms with van der Waals surface area (Å²) in [5.41, 5.74) is 5.80. The van der Waals surface area contributed by atoms with Gasteiger partial charge in [-0.3, -0.25) is 0 Å². The van der Waals surface area contributed by atoms with E-state index in [-0.39, 0.29) is 0 Å². The van der Waals surface area contributed by atoms with E-state index in [1.165, 1.54) is 0 Å². The van der Waals surface area contributed by atoms with E-state index in [0.717, 1.165) is 0 Å². The van der Waals surface area contributed by atoms with Gasteiger partial charge in [0.1, 0.15) is 0 Å². The fourth-order valence-corrected chi connectivity index (χ4v) is 0.100. The van der Waals surface area contributed by atoms with Crippen molar-refractivity contribution in [3.05, 3.63) is 0 Å². The minimum Gasteiger partial charge on any atom is -0.184 e. The molecular formula is HN3O2S. The first-order valence-corrected chi connectivity index (χ1v) is 1.97. The van der Waals surface area contributed by atoms with Crippen molar-refractivity contribution >= 4 is 10.5 Å². The van der Waals surface area contributed by atoms with Crippen molar-refractivity contribution in [3.63, 3.8) is 0 Å². The molecule has 0 aliphatic heterocycles. The lowest BCUT2D eigenvalue weighted by molar-refractivity contribution is 0.619. The second-order valence-electron chi connectivity index (χ2n) is 0.399. The second-order valence-corrected chi connectivity index (χ2v) is 0.996. The van der Waals surface area contributed by atoms with E-state index in [1.54, 1.807) is 0 Å². The van der Waals surface area contributed by atoms with Crippen molar-refractivity contribution in [1.29, 1.82) is 5.53 Å². The van der Waals surface area contributed by atoms with E-state index in [9.17, 15) is 8.42 Å². The molecule has 0 rings (SSSR count). The molecule has 1 N–H and O–H groups in total. The molecule has 0 fully saturated rings. The van der Waals surface area contributed by atoms with Crippen molar-refractivity contribution in [2.24, 2.45) is 9.69 Å². The van der Waals surface area contributed by atoms with Crippen molar-refractivity contribution in [2.75, 3.05) is 0 Å². The Morgan fingerprint density at radius 2 is 2.00 bits per heavy atom. The van der Waals surface area contributed by atoms with Crippen molar-refractivity contribution in [3.8, 4) is 0 Å². The van der Waals surface area contributed by atoms with Gasteiger partial charge in [0, 0.05) is 0 Å². The number of hydrogen-bond acceptors (Lipinski definition) is 3. The average molecular weight is 107 g/mol. The van der Waals surface area contributed by atoms with E-state index in [2.05, 4.69) is 9.69 Å². The van der Waals surface area contributed by atoms with E-state index in [0.29, 0.717) is 0 Å². The Bertz CT molecular complexity index is 144. The highest BCUT2D eigenvalue weighted by Gasteiger charge is 1.55. The maximum absolute atomic E-state index is 9.22. The minimum atomic E-state index is -2.54. The van der Waals surface area contributed by atoms with Gasteiger partial charge in [0.15, 0.2) is 0 Å². The summed E-state index contributed by atoms with van der Waals surface area (Å²) in [6, 6.07) is 0. The Morgan fingerprint density at radius 1 is 1.50 bits per heavy atom. The molecule has 0 radical (unpaired) electrons. The lowest BCUT2D eigenvalue weighted by Crippen LogP contribution is -1.46. The maximum atomic E-state index is 9.22. The van der Waals surface area contributed by atoms with Gasteiger partial charge in [-0.25, -0.2) is 0 Å². The molecule has 0 aliphatic rings. The van der Waals surface area contributed by atoms with Crippen LogP contribution in [0.25, 0.3) is 0 Å². The van der Waals surface area contributed by atoms with Gasteiger partial charge in [0.2, 0.25) is 0 Å². The van der Waals surface area contributed by atoms with Gasteiger partial charge in [0.05, 0.1) is 0 Å². The molecule has 6 heavy (non-hydrogen) atoms. The molecule has 0 aliphatic carbocycles. The second kappa shape index (κ2) is 2.46. The van der Waals surface area contributed by atoms with Gasteiger partial charge >= 0.3 is 10.5 Å². The molecule has 5 nitrogen and oxygen atoms in total.